The average Bonchev–Trinajstić information content (AvgIpc) is 3.09. The van der Waals surface area contributed by atoms with Crippen molar-refractivity contribution in [3.05, 3.63) is 35.9 Å². The molecule has 2 aliphatic rings. The predicted octanol–water partition coefficient (Wildman–Crippen LogP) is 2.49. The maximum atomic E-state index is 12.4. The molecule has 0 unspecified atom stereocenters. The molecule has 128 valence electrons. The first-order valence-corrected chi connectivity index (χ1v) is 9.02. The summed E-state index contributed by atoms with van der Waals surface area (Å²) in [5.41, 5.74) is 1.94. The van der Waals surface area contributed by atoms with Crippen LogP contribution in [0.5, 0.6) is 0 Å². The monoisotopic (exact) mass is 355 g/mol. The third-order valence-electron chi connectivity index (χ3n) is 4.69. The lowest BCUT2D eigenvalue weighted by molar-refractivity contribution is -0.142. The highest BCUT2D eigenvalue weighted by Crippen LogP contribution is 2.35. The van der Waals surface area contributed by atoms with Gasteiger partial charge >= 0.3 is 0 Å². The molecule has 3 amide bonds. The minimum Gasteiger partial charge on any atom is -0.300 e. The topological polar surface area (TPSA) is 79.4 Å². The van der Waals surface area contributed by atoms with Crippen LogP contribution in [0.4, 0.5) is 5.13 Å². The zero-order valence-corrected chi connectivity index (χ0v) is 14.5. The van der Waals surface area contributed by atoms with Crippen molar-refractivity contribution in [1.29, 1.82) is 0 Å². The van der Waals surface area contributed by atoms with E-state index in [0.29, 0.717) is 18.0 Å². The van der Waals surface area contributed by atoms with Crippen molar-refractivity contribution in [1.82, 2.24) is 9.88 Å². The molecule has 2 heterocycles. The van der Waals surface area contributed by atoms with E-state index in [-0.39, 0.29) is 30.2 Å². The minimum atomic E-state index is -0.399. The second-order valence-electron chi connectivity index (χ2n) is 6.46. The molecule has 0 bridgehead atoms. The Morgan fingerprint density at radius 3 is 2.60 bits per heavy atom. The second kappa shape index (κ2) is 6.07. The van der Waals surface area contributed by atoms with Crippen molar-refractivity contribution in [2.75, 3.05) is 11.9 Å². The predicted molar refractivity (Wildman–Crippen MR) is 95.1 cm³/mol. The van der Waals surface area contributed by atoms with Crippen molar-refractivity contribution in [3.63, 3.8) is 0 Å². The summed E-state index contributed by atoms with van der Waals surface area (Å²) in [5, 5.41) is 3.18. The molecule has 25 heavy (non-hydrogen) atoms. The summed E-state index contributed by atoms with van der Waals surface area (Å²) in [7, 11) is 0. The number of nitrogens with zero attached hydrogens (tertiary/aromatic N) is 2. The number of carbonyl (C=O) groups is 3. The van der Waals surface area contributed by atoms with E-state index in [0.717, 1.165) is 20.7 Å². The van der Waals surface area contributed by atoms with E-state index in [1.54, 1.807) is 0 Å². The van der Waals surface area contributed by atoms with Crippen LogP contribution in [0.1, 0.15) is 18.4 Å². The Labute approximate surface area is 148 Å². The van der Waals surface area contributed by atoms with Gasteiger partial charge < -0.3 is 5.32 Å². The number of likely N-dealkylation sites (tertiary alicyclic amines) is 1. The van der Waals surface area contributed by atoms with Crippen molar-refractivity contribution in [2.24, 2.45) is 11.8 Å². The Balaban J connectivity index is 1.46. The van der Waals surface area contributed by atoms with Crippen LogP contribution in [0.25, 0.3) is 10.2 Å². The van der Waals surface area contributed by atoms with E-state index in [9.17, 15) is 14.4 Å². The number of allylic oxidation sites excluding steroid dienone is 2. The summed E-state index contributed by atoms with van der Waals surface area (Å²) in [4.78, 5) is 42.6. The Kier molecular flexibility index (Phi) is 3.88. The lowest BCUT2D eigenvalue weighted by atomic mass is 9.85. The fourth-order valence-electron chi connectivity index (χ4n) is 3.41. The number of benzene rings is 1. The number of aromatic nitrogens is 1. The summed E-state index contributed by atoms with van der Waals surface area (Å²) in [5.74, 6) is -1.50. The number of amides is 3. The summed E-state index contributed by atoms with van der Waals surface area (Å²) >= 11 is 1.38. The van der Waals surface area contributed by atoms with Gasteiger partial charge in [0.25, 0.3) is 0 Å². The van der Waals surface area contributed by atoms with Crippen LogP contribution < -0.4 is 5.32 Å². The summed E-state index contributed by atoms with van der Waals surface area (Å²) in [6.07, 6.45) is 5.01. The van der Waals surface area contributed by atoms with Crippen LogP contribution in [0.15, 0.2) is 30.4 Å². The normalized spacial score (nSPS) is 22.5. The molecular formula is C18H17N3O3S. The third-order valence-corrected chi connectivity index (χ3v) is 5.62. The fraction of sp³-hybridized carbons (Fsp3) is 0.333. The third kappa shape index (κ3) is 2.84. The van der Waals surface area contributed by atoms with Gasteiger partial charge in [0.1, 0.15) is 6.54 Å². The summed E-state index contributed by atoms with van der Waals surface area (Å²) in [6, 6.07) is 5.88. The second-order valence-corrected chi connectivity index (χ2v) is 7.49. The van der Waals surface area contributed by atoms with E-state index in [2.05, 4.69) is 10.3 Å². The van der Waals surface area contributed by atoms with Gasteiger partial charge in [-0.15, -0.1) is 0 Å². The Morgan fingerprint density at radius 1 is 1.24 bits per heavy atom. The van der Waals surface area contributed by atoms with Crippen molar-refractivity contribution in [2.45, 2.75) is 19.8 Å². The maximum Gasteiger partial charge on any atom is 0.246 e. The van der Waals surface area contributed by atoms with Crippen molar-refractivity contribution < 1.29 is 14.4 Å². The highest BCUT2D eigenvalue weighted by atomic mass is 32.1. The molecule has 6 nitrogen and oxygen atoms in total. The SMILES string of the molecule is Cc1ccc2nc(NC(=O)CN3C(=O)[C@H]4CC=CC[C@@H]4C3=O)sc2c1. The van der Waals surface area contributed by atoms with Crippen LogP contribution in [-0.4, -0.2) is 34.2 Å². The number of anilines is 1. The number of imide groups is 1. The van der Waals surface area contributed by atoms with Crippen molar-refractivity contribution >= 4 is 44.4 Å². The van der Waals surface area contributed by atoms with Gasteiger partial charge in [-0.2, -0.15) is 0 Å². The van der Waals surface area contributed by atoms with Crippen LogP contribution in [0.3, 0.4) is 0 Å². The molecule has 1 aliphatic carbocycles. The zero-order chi connectivity index (χ0) is 17.6. The van der Waals surface area contributed by atoms with Crippen LogP contribution >= 0.6 is 11.3 Å². The van der Waals surface area contributed by atoms with E-state index in [1.807, 2.05) is 37.3 Å². The molecular weight excluding hydrogens is 338 g/mol. The lowest BCUT2D eigenvalue weighted by Crippen LogP contribution is -2.38. The molecule has 1 N–H and O–H groups in total. The van der Waals surface area contributed by atoms with Gasteiger partial charge in [-0.25, -0.2) is 4.98 Å². The Hall–Kier alpha value is -2.54. The maximum absolute atomic E-state index is 12.4. The van der Waals surface area contributed by atoms with Gasteiger partial charge in [-0.05, 0) is 37.5 Å². The minimum absolute atomic E-state index is 0.241. The molecule has 1 aliphatic heterocycles. The number of aryl methyl sites for hydroxylation is 1. The van der Waals surface area contributed by atoms with Crippen LogP contribution in [0, 0.1) is 18.8 Å². The van der Waals surface area contributed by atoms with Crippen LogP contribution in [-0.2, 0) is 14.4 Å². The molecule has 1 saturated heterocycles. The largest absolute Gasteiger partial charge is 0.300 e. The molecule has 0 spiro atoms. The smallest absolute Gasteiger partial charge is 0.246 e. The van der Waals surface area contributed by atoms with E-state index >= 15 is 0 Å². The lowest BCUT2D eigenvalue weighted by Gasteiger charge is -2.14. The molecule has 0 radical (unpaired) electrons. The number of fused-ring (bicyclic) bond motifs is 2. The molecule has 4 rings (SSSR count). The van der Waals surface area contributed by atoms with E-state index < -0.39 is 5.91 Å². The number of hydrogen-bond donors (Lipinski definition) is 1. The van der Waals surface area contributed by atoms with Gasteiger partial charge in [0.15, 0.2) is 5.13 Å². The van der Waals surface area contributed by atoms with Gasteiger partial charge in [-0.3, -0.25) is 19.3 Å². The van der Waals surface area contributed by atoms with Crippen LogP contribution in [0.2, 0.25) is 0 Å². The first-order valence-electron chi connectivity index (χ1n) is 8.20. The Morgan fingerprint density at radius 2 is 1.92 bits per heavy atom. The number of rotatable bonds is 3. The Bertz CT molecular complexity index is 891. The molecule has 0 saturated carbocycles. The number of hydrogen-bond acceptors (Lipinski definition) is 5. The van der Waals surface area contributed by atoms with Crippen molar-refractivity contribution in [3.8, 4) is 0 Å². The molecule has 1 aromatic heterocycles. The molecule has 1 aromatic carbocycles. The summed E-state index contributed by atoms with van der Waals surface area (Å²) < 4.78 is 0.987. The zero-order valence-electron chi connectivity index (χ0n) is 13.7. The molecule has 7 heteroatoms. The molecule has 2 atom stereocenters. The van der Waals surface area contributed by atoms with E-state index in [1.165, 1.54) is 11.3 Å². The summed E-state index contributed by atoms with van der Waals surface area (Å²) in [6.45, 7) is 1.75. The number of carbonyl (C=O) groups excluding carboxylic acids is 3. The average molecular weight is 355 g/mol. The fourth-order valence-corrected chi connectivity index (χ4v) is 4.39. The van der Waals surface area contributed by atoms with Gasteiger partial charge in [0, 0.05) is 0 Å². The molecule has 1 fully saturated rings. The first-order chi connectivity index (χ1) is 12.0. The highest BCUT2D eigenvalue weighted by Gasteiger charge is 2.47. The van der Waals surface area contributed by atoms with E-state index in [4.69, 9.17) is 0 Å². The van der Waals surface area contributed by atoms with Gasteiger partial charge in [-0.1, -0.05) is 29.6 Å². The number of thiazole rings is 1. The first kappa shape index (κ1) is 16.0. The standard InChI is InChI=1S/C18H17N3O3S/c1-10-6-7-13-14(8-10)25-18(19-13)20-15(22)9-21-16(23)11-4-2-3-5-12(11)17(21)24/h2-3,6-8,11-12H,4-5,9H2,1H3,(H,19,20,22)/t11-,12-/m0/s1. The van der Waals surface area contributed by atoms with Gasteiger partial charge in [0.2, 0.25) is 17.7 Å². The highest BCUT2D eigenvalue weighted by molar-refractivity contribution is 7.22. The quantitative estimate of drug-likeness (QED) is 0.678. The molecule has 2 aromatic rings. The van der Waals surface area contributed by atoms with Gasteiger partial charge in [0.05, 0.1) is 22.1 Å². The number of nitrogens with one attached hydrogen (secondary N) is 1.